The second kappa shape index (κ2) is 7.59. The number of carbonyl (C=O) groups is 1. The highest BCUT2D eigenvalue weighted by Crippen LogP contribution is 2.39. The van der Waals surface area contributed by atoms with Crippen LogP contribution in [0.3, 0.4) is 0 Å². The fourth-order valence-electron chi connectivity index (χ4n) is 4.24. The minimum Gasteiger partial charge on any atom is -0.406 e. The molecule has 3 atom stereocenters. The number of benzene rings is 2. The van der Waals surface area contributed by atoms with Crippen LogP contribution in [-0.4, -0.2) is 44.2 Å². The maximum absolute atomic E-state index is 12.9. The Hall–Kier alpha value is -2.59. The average molecular weight is 440 g/mol. The first kappa shape index (κ1) is 20.7. The molecule has 30 heavy (non-hydrogen) atoms. The molecule has 0 radical (unpaired) electrons. The Balaban J connectivity index is 1.50. The number of fused-ring (bicyclic) bond motifs is 2. The summed E-state index contributed by atoms with van der Waals surface area (Å²) in [6, 6.07) is 12.0. The Bertz CT molecular complexity index is 1040. The van der Waals surface area contributed by atoms with Crippen LogP contribution in [0.2, 0.25) is 0 Å². The third-order valence-corrected chi connectivity index (χ3v) is 6.92. The Morgan fingerprint density at radius 1 is 1.07 bits per heavy atom. The van der Waals surface area contributed by atoms with E-state index in [0.29, 0.717) is 19.4 Å². The normalized spacial score (nSPS) is 23.6. The molecule has 6 nitrogen and oxygen atoms in total. The molecule has 4 rings (SSSR count). The van der Waals surface area contributed by atoms with Gasteiger partial charge in [0.05, 0.1) is 4.90 Å². The summed E-state index contributed by atoms with van der Waals surface area (Å²) in [6.07, 6.45) is -3.60. The summed E-state index contributed by atoms with van der Waals surface area (Å²) in [7, 11) is -3.74. The molecule has 0 unspecified atom stereocenters. The minimum atomic E-state index is -4.85. The highest BCUT2D eigenvalue weighted by molar-refractivity contribution is 7.89. The number of hydrogen-bond donors (Lipinski definition) is 1. The maximum Gasteiger partial charge on any atom is 0.573 e. The van der Waals surface area contributed by atoms with E-state index in [1.54, 1.807) is 23.1 Å². The second-order valence-electron chi connectivity index (χ2n) is 7.48. The van der Waals surface area contributed by atoms with E-state index in [-0.39, 0.29) is 22.4 Å². The molecule has 1 aliphatic carbocycles. The van der Waals surface area contributed by atoms with Crippen molar-refractivity contribution >= 4 is 15.9 Å². The minimum absolute atomic E-state index is 0.0639. The van der Waals surface area contributed by atoms with Gasteiger partial charge in [0.2, 0.25) is 10.0 Å². The van der Waals surface area contributed by atoms with Gasteiger partial charge in [-0.2, -0.15) is 0 Å². The van der Waals surface area contributed by atoms with Gasteiger partial charge in [-0.05, 0) is 49.1 Å². The lowest BCUT2D eigenvalue weighted by Crippen LogP contribution is -2.51. The first-order valence-corrected chi connectivity index (χ1v) is 10.8. The van der Waals surface area contributed by atoms with Crippen LogP contribution in [0.1, 0.15) is 23.2 Å². The Morgan fingerprint density at radius 2 is 1.80 bits per heavy atom. The highest BCUT2D eigenvalue weighted by Gasteiger charge is 2.48. The predicted molar refractivity (Wildman–Crippen MR) is 101 cm³/mol. The number of halogens is 3. The summed E-state index contributed by atoms with van der Waals surface area (Å²) in [4.78, 5) is 14.6. The van der Waals surface area contributed by atoms with Gasteiger partial charge in [-0.3, -0.25) is 4.79 Å². The molecule has 2 aromatic carbocycles. The van der Waals surface area contributed by atoms with Gasteiger partial charge in [-0.15, -0.1) is 13.2 Å². The highest BCUT2D eigenvalue weighted by atomic mass is 32.2. The molecule has 0 aromatic heterocycles. The lowest BCUT2D eigenvalue weighted by molar-refractivity contribution is -0.274. The molecule has 1 N–H and O–H groups in total. The summed E-state index contributed by atoms with van der Waals surface area (Å²) in [5, 5.41) is 0. The van der Waals surface area contributed by atoms with Crippen LogP contribution in [0.15, 0.2) is 59.5 Å². The molecule has 1 saturated heterocycles. The summed E-state index contributed by atoms with van der Waals surface area (Å²) in [6.45, 7) is 0.442. The summed E-state index contributed by atoms with van der Waals surface area (Å²) >= 11 is 0. The van der Waals surface area contributed by atoms with Crippen LogP contribution in [0, 0.1) is 5.92 Å². The maximum atomic E-state index is 12.9. The fourth-order valence-corrected chi connectivity index (χ4v) is 5.55. The number of nitrogens with zero attached hydrogens (tertiary/aromatic N) is 1. The van der Waals surface area contributed by atoms with Gasteiger partial charge >= 0.3 is 6.36 Å². The van der Waals surface area contributed by atoms with Crippen molar-refractivity contribution in [3.8, 4) is 5.75 Å². The Labute approximate surface area is 171 Å². The molecule has 1 saturated carbocycles. The molecule has 1 amide bonds. The Kier molecular flexibility index (Phi) is 5.23. The lowest BCUT2D eigenvalue weighted by Gasteiger charge is -2.33. The van der Waals surface area contributed by atoms with Gasteiger partial charge in [-0.25, -0.2) is 13.1 Å². The molecule has 2 fully saturated rings. The van der Waals surface area contributed by atoms with Crippen molar-refractivity contribution in [3.05, 3.63) is 60.2 Å². The van der Waals surface area contributed by atoms with Gasteiger partial charge in [0.1, 0.15) is 5.75 Å². The standard InChI is InChI=1S/C20H19F3N2O4S/c21-20(22,23)29-15-6-4-5-14(11-15)19(26)25-12-13-9-17(18(25)10-13)24-30(27,28)16-7-2-1-3-8-16/h1-8,11,13,17-18,24H,9-10,12H2/t13-,17+,18-/m1/s1. The van der Waals surface area contributed by atoms with Gasteiger partial charge in [0.25, 0.3) is 5.91 Å². The van der Waals surface area contributed by atoms with Crippen molar-refractivity contribution < 1.29 is 31.1 Å². The smallest absolute Gasteiger partial charge is 0.406 e. The predicted octanol–water partition coefficient (Wildman–Crippen LogP) is 3.17. The number of amides is 1. The number of alkyl halides is 3. The quantitative estimate of drug-likeness (QED) is 0.775. The first-order chi connectivity index (χ1) is 14.1. The van der Waals surface area contributed by atoms with Gasteiger partial charge < -0.3 is 9.64 Å². The average Bonchev–Trinajstić information content (AvgIpc) is 3.27. The topological polar surface area (TPSA) is 75.7 Å². The number of hydrogen-bond acceptors (Lipinski definition) is 4. The fraction of sp³-hybridized carbons (Fsp3) is 0.350. The van der Waals surface area contributed by atoms with E-state index < -0.39 is 34.1 Å². The number of sulfonamides is 1. The molecule has 10 heteroatoms. The van der Waals surface area contributed by atoms with Crippen LogP contribution in [-0.2, 0) is 10.0 Å². The van der Waals surface area contributed by atoms with Crippen molar-refractivity contribution in [3.63, 3.8) is 0 Å². The monoisotopic (exact) mass is 440 g/mol. The van der Waals surface area contributed by atoms with E-state index in [2.05, 4.69) is 9.46 Å². The first-order valence-electron chi connectivity index (χ1n) is 9.36. The third-order valence-electron chi connectivity index (χ3n) is 5.42. The molecule has 2 aliphatic rings. The molecule has 2 bridgehead atoms. The molecule has 1 aliphatic heterocycles. The van der Waals surface area contributed by atoms with E-state index in [1.807, 2.05) is 0 Å². The summed E-state index contributed by atoms with van der Waals surface area (Å²) < 4.78 is 69.3. The van der Waals surface area contributed by atoms with Crippen molar-refractivity contribution in [1.29, 1.82) is 0 Å². The lowest BCUT2D eigenvalue weighted by atomic mass is 10.1. The number of likely N-dealkylation sites (tertiary alicyclic amines) is 1. The molecule has 2 aromatic rings. The van der Waals surface area contributed by atoms with Crippen LogP contribution in [0.5, 0.6) is 5.75 Å². The molecular weight excluding hydrogens is 421 g/mol. The largest absolute Gasteiger partial charge is 0.573 e. The zero-order valence-corrected chi connectivity index (χ0v) is 16.5. The van der Waals surface area contributed by atoms with Crippen LogP contribution >= 0.6 is 0 Å². The van der Waals surface area contributed by atoms with E-state index in [9.17, 15) is 26.4 Å². The van der Waals surface area contributed by atoms with Gasteiger partial charge in [0.15, 0.2) is 0 Å². The van der Waals surface area contributed by atoms with Crippen LogP contribution < -0.4 is 9.46 Å². The zero-order valence-electron chi connectivity index (χ0n) is 15.7. The number of carbonyl (C=O) groups excluding carboxylic acids is 1. The second-order valence-corrected chi connectivity index (χ2v) is 9.19. The van der Waals surface area contributed by atoms with Crippen molar-refractivity contribution in [1.82, 2.24) is 9.62 Å². The third kappa shape index (κ3) is 4.29. The van der Waals surface area contributed by atoms with Crippen molar-refractivity contribution in [2.24, 2.45) is 5.92 Å². The Morgan fingerprint density at radius 3 is 2.47 bits per heavy atom. The number of rotatable bonds is 5. The van der Waals surface area contributed by atoms with E-state index in [1.165, 1.54) is 24.3 Å². The van der Waals surface area contributed by atoms with E-state index in [0.717, 1.165) is 12.1 Å². The molecule has 0 spiro atoms. The van der Waals surface area contributed by atoms with E-state index in [4.69, 9.17) is 0 Å². The number of piperidine rings is 1. The van der Waals surface area contributed by atoms with Crippen LogP contribution in [0.25, 0.3) is 0 Å². The number of ether oxygens (including phenoxy) is 1. The van der Waals surface area contributed by atoms with Gasteiger partial charge in [0, 0.05) is 24.2 Å². The summed E-state index contributed by atoms with van der Waals surface area (Å²) in [5.74, 6) is -0.783. The number of nitrogens with one attached hydrogen (secondary N) is 1. The SMILES string of the molecule is O=C(c1cccc(OC(F)(F)F)c1)N1C[C@@H]2C[C@H](NS(=O)(=O)c3ccccc3)[C@H]1C2. The molecule has 1 heterocycles. The van der Waals surface area contributed by atoms with Gasteiger partial charge in [-0.1, -0.05) is 24.3 Å². The molecular formula is C20H19F3N2O4S. The van der Waals surface area contributed by atoms with E-state index >= 15 is 0 Å². The molecule has 160 valence electrons. The van der Waals surface area contributed by atoms with Crippen molar-refractivity contribution in [2.75, 3.05) is 6.54 Å². The zero-order chi connectivity index (χ0) is 21.5. The van der Waals surface area contributed by atoms with Crippen LogP contribution in [0.4, 0.5) is 13.2 Å². The summed E-state index contributed by atoms with van der Waals surface area (Å²) in [5.41, 5.74) is 0.0639. The van der Waals surface area contributed by atoms with Crippen molar-refractivity contribution in [2.45, 2.75) is 36.2 Å².